The van der Waals surface area contributed by atoms with Crippen molar-refractivity contribution in [2.45, 2.75) is 0 Å². The molecule has 0 saturated carbocycles. The number of phenolic OH excluding ortho intramolecular Hbond substituents is 1. The number of rotatable bonds is 2. The van der Waals surface area contributed by atoms with Gasteiger partial charge in [-0.15, -0.1) is 0 Å². The van der Waals surface area contributed by atoms with E-state index in [-0.39, 0.29) is 42.0 Å². The summed E-state index contributed by atoms with van der Waals surface area (Å²) in [7, 11) is 0. The van der Waals surface area contributed by atoms with E-state index in [2.05, 4.69) is 0 Å². The van der Waals surface area contributed by atoms with Crippen molar-refractivity contribution in [1.82, 2.24) is 0 Å². The van der Waals surface area contributed by atoms with Gasteiger partial charge in [0.2, 0.25) is 0 Å². The van der Waals surface area contributed by atoms with Gasteiger partial charge in [-0.25, -0.2) is 9.59 Å². The van der Waals surface area contributed by atoms with Gasteiger partial charge in [-0.1, -0.05) is 70.1 Å². The van der Waals surface area contributed by atoms with Crippen molar-refractivity contribution in [3.63, 3.8) is 0 Å². The molecule has 10 heteroatoms. The van der Waals surface area contributed by atoms with Gasteiger partial charge >= 0.3 is 11.9 Å². The quantitative estimate of drug-likeness (QED) is 0.415. The van der Waals surface area contributed by atoms with Gasteiger partial charge in [0.15, 0.2) is 5.75 Å². The Morgan fingerprint density at radius 3 is 1.25 bits per heavy atom. The van der Waals surface area contributed by atoms with Crippen molar-refractivity contribution in [2.75, 3.05) is 0 Å². The van der Waals surface area contributed by atoms with Gasteiger partial charge in [0.25, 0.3) is 0 Å². The van der Waals surface area contributed by atoms with Gasteiger partial charge in [0.05, 0.1) is 26.2 Å². The van der Waals surface area contributed by atoms with Crippen LogP contribution in [0.5, 0.6) is 5.75 Å². The van der Waals surface area contributed by atoms with Crippen LogP contribution in [0.15, 0.2) is 24.3 Å². The second kappa shape index (κ2) is 8.65. The highest BCUT2D eigenvalue weighted by atomic mass is 35.5. The molecular weight excluding hydrogens is 425 g/mol. The van der Waals surface area contributed by atoms with Crippen molar-refractivity contribution in [3.8, 4) is 5.75 Å². The lowest BCUT2D eigenvalue weighted by atomic mass is 10.1. The summed E-state index contributed by atoms with van der Waals surface area (Å²) in [6, 6.07) is 5.48. The smallest absolute Gasteiger partial charge is 0.336 e. The molecule has 0 aliphatic carbocycles. The predicted octanol–water partition coefficient (Wildman–Crippen LogP) is 5.74. The van der Waals surface area contributed by atoms with Crippen LogP contribution in [0.3, 0.4) is 0 Å². The maximum atomic E-state index is 10.5. The van der Waals surface area contributed by atoms with Crippen LogP contribution in [-0.2, 0) is 0 Å². The van der Waals surface area contributed by atoms with Crippen LogP contribution in [0, 0.1) is 0 Å². The first-order chi connectivity index (χ1) is 11.1. The van der Waals surface area contributed by atoms with Gasteiger partial charge in [-0.2, -0.15) is 0 Å². The second-order valence-electron chi connectivity index (χ2n) is 4.07. The van der Waals surface area contributed by atoms with Crippen LogP contribution in [0.2, 0.25) is 25.1 Å². The minimum absolute atomic E-state index is 0.00904. The summed E-state index contributed by atoms with van der Waals surface area (Å²) in [6.07, 6.45) is 0. The number of carboxylic acids is 2. The normalized spacial score (nSPS) is 9.88. The third-order valence-corrected chi connectivity index (χ3v) is 4.83. The summed E-state index contributed by atoms with van der Waals surface area (Å²) in [6.45, 7) is 0. The largest absolute Gasteiger partial charge is 0.505 e. The standard InChI is InChI=1S/C8H6O4.C6HCl5O/c9-7(10)5-3-1-2-4-6(5)8(11)12;7-1-2(8)4(10)6(12)5(11)3(1)9/h1-4H,(H,9,10)(H,11,12);12H. The summed E-state index contributed by atoms with van der Waals surface area (Å²) in [5.74, 6) is -2.82. The number of benzene rings is 2. The molecule has 24 heavy (non-hydrogen) atoms. The number of carboxylic acid groups (broad SMARTS) is 2. The zero-order valence-corrected chi connectivity index (χ0v) is 15.1. The lowest BCUT2D eigenvalue weighted by molar-refractivity contribution is 0.0651. The molecule has 0 radical (unpaired) electrons. The van der Waals surface area contributed by atoms with E-state index < -0.39 is 11.9 Å². The molecule has 2 rings (SSSR count). The highest BCUT2D eigenvalue weighted by molar-refractivity contribution is 6.55. The fourth-order valence-electron chi connectivity index (χ4n) is 1.45. The van der Waals surface area contributed by atoms with Gasteiger partial charge in [-0.05, 0) is 12.1 Å². The average molecular weight is 432 g/mol. The Morgan fingerprint density at radius 1 is 0.667 bits per heavy atom. The molecule has 0 fully saturated rings. The Bertz CT molecular complexity index is 668. The van der Waals surface area contributed by atoms with E-state index in [1.807, 2.05) is 0 Å². The van der Waals surface area contributed by atoms with E-state index in [1.54, 1.807) is 0 Å². The van der Waals surface area contributed by atoms with E-state index in [4.69, 9.17) is 68.2 Å². The zero-order chi connectivity index (χ0) is 18.6. The lowest BCUT2D eigenvalue weighted by Gasteiger charge is -2.06. The van der Waals surface area contributed by atoms with Crippen LogP contribution in [0.1, 0.15) is 20.7 Å². The third kappa shape index (κ3) is 4.59. The minimum Gasteiger partial charge on any atom is -0.505 e. The monoisotopic (exact) mass is 430 g/mol. The van der Waals surface area contributed by atoms with Crippen molar-refractivity contribution < 1.29 is 24.9 Å². The van der Waals surface area contributed by atoms with Crippen molar-refractivity contribution >= 4 is 69.9 Å². The molecule has 0 aliphatic heterocycles. The molecule has 2 aromatic carbocycles. The zero-order valence-electron chi connectivity index (χ0n) is 11.4. The first kappa shape index (κ1) is 20.7. The molecule has 0 amide bonds. The number of hydrogen-bond acceptors (Lipinski definition) is 3. The number of hydrogen-bond donors (Lipinski definition) is 3. The van der Waals surface area contributed by atoms with Gasteiger partial charge in [0, 0.05) is 0 Å². The average Bonchev–Trinajstić information content (AvgIpc) is 2.57. The summed E-state index contributed by atoms with van der Waals surface area (Å²) in [5.41, 5.74) is -0.380. The third-order valence-electron chi connectivity index (χ3n) is 2.57. The van der Waals surface area contributed by atoms with Gasteiger partial charge in [0.1, 0.15) is 10.0 Å². The van der Waals surface area contributed by atoms with E-state index in [9.17, 15) is 14.7 Å². The lowest BCUT2D eigenvalue weighted by Crippen LogP contribution is -2.06. The molecule has 0 saturated heterocycles. The molecular formula is C14H7Cl5O5. The summed E-state index contributed by atoms with van der Waals surface area (Å²) in [4.78, 5) is 20.9. The molecule has 0 unspecified atom stereocenters. The Labute approximate surface area is 160 Å². The van der Waals surface area contributed by atoms with E-state index >= 15 is 0 Å². The minimum atomic E-state index is -1.23. The fourth-order valence-corrected chi connectivity index (χ4v) is 2.58. The molecule has 0 aromatic heterocycles. The van der Waals surface area contributed by atoms with Gasteiger partial charge in [-0.3, -0.25) is 0 Å². The van der Waals surface area contributed by atoms with E-state index in [0.717, 1.165) is 0 Å². The Balaban J connectivity index is 0.000000240. The fraction of sp³-hybridized carbons (Fsp3) is 0. The van der Waals surface area contributed by atoms with Crippen molar-refractivity contribution in [1.29, 1.82) is 0 Å². The first-order valence-electron chi connectivity index (χ1n) is 5.85. The highest BCUT2D eigenvalue weighted by Crippen LogP contribution is 2.47. The Morgan fingerprint density at radius 2 is 0.958 bits per heavy atom. The molecule has 0 spiro atoms. The number of halogens is 5. The highest BCUT2D eigenvalue weighted by Gasteiger charge is 2.18. The number of carbonyl (C=O) groups is 2. The topological polar surface area (TPSA) is 94.8 Å². The van der Waals surface area contributed by atoms with Crippen LogP contribution < -0.4 is 0 Å². The summed E-state index contributed by atoms with van der Waals surface area (Å²) in [5, 5.41) is 26.1. The molecule has 0 heterocycles. The number of aromatic hydroxyl groups is 1. The van der Waals surface area contributed by atoms with Gasteiger partial charge < -0.3 is 15.3 Å². The molecule has 0 bridgehead atoms. The summed E-state index contributed by atoms with van der Waals surface area (Å²) >= 11 is 27.9. The predicted molar refractivity (Wildman–Crippen MR) is 93.5 cm³/mol. The number of phenols is 1. The molecule has 128 valence electrons. The maximum absolute atomic E-state index is 10.5. The molecule has 0 atom stereocenters. The number of aromatic carboxylic acids is 2. The van der Waals surface area contributed by atoms with Crippen LogP contribution >= 0.6 is 58.0 Å². The van der Waals surface area contributed by atoms with Crippen molar-refractivity contribution in [3.05, 3.63) is 60.5 Å². The molecule has 3 N–H and O–H groups in total. The van der Waals surface area contributed by atoms with E-state index in [1.165, 1.54) is 24.3 Å². The molecule has 2 aromatic rings. The van der Waals surface area contributed by atoms with Crippen molar-refractivity contribution in [2.24, 2.45) is 0 Å². The first-order valence-corrected chi connectivity index (χ1v) is 7.74. The summed E-state index contributed by atoms with van der Waals surface area (Å²) < 4.78 is 0. The van der Waals surface area contributed by atoms with Crippen LogP contribution in [-0.4, -0.2) is 27.3 Å². The molecule has 0 aliphatic rings. The molecule has 5 nitrogen and oxygen atoms in total. The Kier molecular flexibility index (Phi) is 7.45. The second-order valence-corrected chi connectivity index (χ2v) is 5.96. The maximum Gasteiger partial charge on any atom is 0.336 e. The van der Waals surface area contributed by atoms with E-state index in [0.29, 0.717) is 0 Å². The Hall–Kier alpha value is -1.37. The van der Waals surface area contributed by atoms with Crippen LogP contribution in [0.25, 0.3) is 0 Å². The van der Waals surface area contributed by atoms with Crippen LogP contribution in [0.4, 0.5) is 0 Å². The SMILES string of the molecule is O=C(O)c1ccccc1C(=O)O.Oc1c(Cl)c(Cl)c(Cl)c(Cl)c1Cl.